The normalized spacial score (nSPS) is 11.3. The molecule has 4 aromatic carbocycles. The summed E-state index contributed by atoms with van der Waals surface area (Å²) in [5, 5.41) is 4.38. The van der Waals surface area contributed by atoms with Crippen LogP contribution in [-0.4, -0.2) is 31.2 Å². The van der Waals surface area contributed by atoms with Gasteiger partial charge in [-0.05, 0) is 66.6 Å². The van der Waals surface area contributed by atoms with Gasteiger partial charge in [0.2, 0.25) is 0 Å². The first kappa shape index (κ1) is 26.1. The summed E-state index contributed by atoms with van der Waals surface area (Å²) in [6.45, 7) is 2.09. The van der Waals surface area contributed by atoms with Gasteiger partial charge in [0.15, 0.2) is 0 Å². The number of hydrogen-bond donors (Lipinski definition) is 1. The number of nitrogens with zero attached hydrogens (tertiary/aromatic N) is 2. The monoisotopic (exact) mass is 567 g/mol. The molecule has 1 N–H and O–H groups in total. The smallest absolute Gasteiger partial charge is 0.255 e. The molecule has 0 aliphatic carbocycles. The van der Waals surface area contributed by atoms with Crippen LogP contribution in [0.25, 0.3) is 54.2 Å². The maximum absolute atomic E-state index is 13.7. The van der Waals surface area contributed by atoms with Gasteiger partial charge in [-0.1, -0.05) is 36.2 Å². The first-order valence-corrected chi connectivity index (χ1v) is 14.7. The van der Waals surface area contributed by atoms with Crippen LogP contribution in [0, 0.1) is 12.7 Å². The zero-order chi connectivity index (χ0) is 28.0. The summed E-state index contributed by atoms with van der Waals surface area (Å²) in [5.74, 6) is -0.216. The molecule has 0 aliphatic rings. The number of furan rings is 1. The van der Waals surface area contributed by atoms with Crippen molar-refractivity contribution in [1.29, 1.82) is 0 Å². The molecule has 6 rings (SSSR count). The van der Waals surface area contributed by atoms with Crippen molar-refractivity contribution in [3.63, 3.8) is 0 Å². The number of amides is 1. The lowest BCUT2D eigenvalue weighted by atomic mass is 9.97. The van der Waals surface area contributed by atoms with E-state index in [2.05, 4.69) is 52.9 Å². The van der Waals surface area contributed by atoms with Crippen LogP contribution in [-0.2, 0) is 0 Å². The zero-order valence-corrected chi connectivity index (χ0v) is 24.0. The van der Waals surface area contributed by atoms with Gasteiger partial charge in [-0.15, -0.1) is 11.3 Å². The van der Waals surface area contributed by atoms with Crippen LogP contribution in [0.3, 0.4) is 0 Å². The van der Waals surface area contributed by atoms with E-state index in [4.69, 9.17) is 9.40 Å². The molecule has 200 valence electrons. The van der Waals surface area contributed by atoms with Crippen LogP contribution in [0.4, 0.5) is 10.1 Å². The summed E-state index contributed by atoms with van der Waals surface area (Å²) in [6.07, 6.45) is 2.01. The van der Waals surface area contributed by atoms with E-state index in [9.17, 15) is 9.18 Å². The molecule has 0 bridgehead atoms. The van der Waals surface area contributed by atoms with Gasteiger partial charge in [-0.3, -0.25) is 4.79 Å². The number of hydrogen-bond acceptors (Lipinski definition) is 6. The van der Waals surface area contributed by atoms with Gasteiger partial charge < -0.3 is 14.0 Å². The number of thiazole rings is 1. The molecule has 0 spiro atoms. The second-order valence-corrected chi connectivity index (χ2v) is 11.5. The molecule has 0 radical (unpaired) electrons. The van der Waals surface area contributed by atoms with E-state index in [-0.39, 0.29) is 11.7 Å². The summed E-state index contributed by atoms with van der Waals surface area (Å²) < 4.78 is 23.2. The number of anilines is 1. The number of nitrogens with one attached hydrogen (secondary N) is 1. The Morgan fingerprint density at radius 3 is 2.52 bits per heavy atom. The Morgan fingerprint density at radius 2 is 1.77 bits per heavy atom. The number of halogens is 1. The number of carbonyl (C=O) groups is 1. The molecule has 5 nitrogen and oxygen atoms in total. The standard InChI is InChI=1S/C32H26FN3O2S2/c1-18-8-13-25-28(14-18)40-32(35-25)21-7-5-6-20(15-21)23-16-24-27(17-26(23)36(3)39-4)38-30(29(24)31(37)34-2)19-9-11-22(33)12-10-19/h5-17H,1-4H3,(H,34,37). The van der Waals surface area contributed by atoms with E-state index in [0.29, 0.717) is 27.9 Å². The number of carbonyl (C=O) groups excluding carboxylic acids is 1. The van der Waals surface area contributed by atoms with Gasteiger partial charge in [-0.2, -0.15) is 0 Å². The minimum atomic E-state index is -0.351. The summed E-state index contributed by atoms with van der Waals surface area (Å²) in [6, 6.07) is 24.6. The van der Waals surface area contributed by atoms with Gasteiger partial charge >= 0.3 is 0 Å². The molecule has 0 unspecified atom stereocenters. The van der Waals surface area contributed by atoms with Gasteiger partial charge in [0.25, 0.3) is 5.91 Å². The number of aromatic nitrogens is 1. The Bertz CT molecular complexity index is 1890. The average molecular weight is 568 g/mol. The van der Waals surface area contributed by atoms with Crippen molar-refractivity contribution in [2.45, 2.75) is 6.92 Å². The van der Waals surface area contributed by atoms with Crippen molar-refractivity contribution in [2.24, 2.45) is 0 Å². The summed E-state index contributed by atoms with van der Waals surface area (Å²) in [7, 11) is 3.59. The number of fused-ring (bicyclic) bond motifs is 2. The minimum absolute atomic E-state index is 0.270. The van der Waals surface area contributed by atoms with E-state index >= 15 is 0 Å². The highest BCUT2D eigenvalue weighted by molar-refractivity contribution is 7.99. The van der Waals surface area contributed by atoms with Gasteiger partial charge in [0, 0.05) is 48.5 Å². The van der Waals surface area contributed by atoms with Crippen LogP contribution in [0.15, 0.2) is 83.3 Å². The Hall–Kier alpha value is -4.14. The van der Waals surface area contributed by atoms with Gasteiger partial charge in [-0.25, -0.2) is 9.37 Å². The quantitative estimate of drug-likeness (QED) is 0.204. The van der Waals surface area contributed by atoms with Crippen molar-refractivity contribution >= 4 is 56.1 Å². The highest BCUT2D eigenvalue weighted by Crippen LogP contribution is 2.43. The molecule has 40 heavy (non-hydrogen) atoms. The van der Waals surface area contributed by atoms with Crippen molar-refractivity contribution in [1.82, 2.24) is 10.3 Å². The molecule has 0 saturated carbocycles. The third kappa shape index (κ3) is 4.63. The lowest BCUT2D eigenvalue weighted by Crippen LogP contribution is -2.18. The fourth-order valence-corrected chi connectivity index (χ4v) is 6.26. The predicted octanol–water partition coefficient (Wildman–Crippen LogP) is 8.56. The molecule has 8 heteroatoms. The summed E-state index contributed by atoms with van der Waals surface area (Å²) in [5.41, 5.74) is 7.75. The van der Waals surface area contributed by atoms with E-state index in [1.165, 1.54) is 17.7 Å². The SMILES string of the molecule is CNC(=O)c1c(-c2ccc(F)cc2)oc2cc(N(C)SC)c(-c3cccc(-c4nc5ccc(C)cc5s4)c3)cc12. The first-order valence-electron chi connectivity index (χ1n) is 12.7. The largest absolute Gasteiger partial charge is 0.455 e. The Kier molecular flexibility index (Phi) is 6.82. The number of benzene rings is 4. The molecule has 2 heterocycles. The third-order valence-electron chi connectivity index (χ3n) is 6.94. The molecule has 0 fully saturated rings. The zero-order valence-electron chi connectivity index (χ0n) is 22.4. The van der Waals surface area contributed by atoms with Crippen molar-refractivity contribution in [2.75, 3.05) is 24.7 Å². The molecule has 2 aromatic heterocycles. The fraction of sp³-hybridized carbons (Fsp3) is 0.125. The second kappa shape index (κ2) is 10.4. The molecule has 0 aliphatic heterocycles. The van der Waals surface area contributed by atoms with E-state index in [0.717, 1.165) is 37.6 Å². The highest BCUT2D eigenvalue weighted by atomic mass is 32.2. The molecule has 1 amide bonds. The molecular weight excluding hydrogens is 542 g/mol. The van der Waals surface area contributed by atoms with Crippen molar-refractivity contribution in [3.05, 3.63) is 95.8 Å². The lowest BCUT2D eigenvalue weighted by molar-refractivity contribution is 0.0964. The van der Waals surface area contributed by atoms with Gasteiger partial charge in [0.05, 0.1) is 21.5 Å². The maximum atomic E-state index is 13.7. The van der Waals surface area contributed by atoms with Crippen LogP contribution in [0.2, 0.25) is 0 Å². The molecule has 0 atom stereocenters. The second-order valence-electron chi connectivity index (χ2n) is 9.51. The summed E-state index contributed by atoms with van der Waals surface area (Å²) in [4.78, 5) is 18.0. The molecular formula is C32H26FN3O2S2. The van der Waals surface area contributed by atoms with Crippen LogP contribution in [0.5, 0.6) is 0 Å². The van der Waals surface area contributed by atoms with Crippen LogP contribution in [0.1, 0.15) is 15.9 Å². The van der Waals surface area contributed by atoms with Gasteiger partial charge in [0.1, 0.15) is 22.2 Å². The van der Waals surface area contributed by atoms with Crippen molar-refractivity contribution < 1.29 is 13.6 Å². The minimum Gasteiger partial charge on any atom is -0.455 e. The third-order valence-corrected chi connectivity index (χ3v) is 8.76. The van der Waals surface area contributed by atoms with Crippen LogP contribution >= 0.6 is 23.3 Å². The van der Waals surface area contributed by atoms with E-state index in [1.54, 1.807) is 42.5 Å². The first-order chi connectivity index (χ1) is 19.4. The van der Waals surface area contributed by atoms with Crippen LogP contribution < -0.4 is 9.62 Å². The fourth-order valence-electron chi connectivity index (χ4n) is 4.85. The maximum Gasteiger partial charge on any atom is 0.255 e. The van der Waals surface area contributed by atoms with E-state index in [1.807, 2.05) is 31.5 Å². The van der Waals surface area contributed by atoms with Crippen molar-refractivity contribution in [3.8, 4) is 33.0 Å². The Morgan fingerprint density at radius 1 is 1.00 bits per heavy atom. The number of rotatable bonds is 6. The average Bonchev–Trinajstić information content (AvgIpc) is 3.57. The molecule has 0 saturated heterocycles. The lowest BCUT2D eigenvalue weighted by Gasteiger charge is -2.20. The number of aryl methyl sites for hydroxylation is 1. The summed E-state index contributed by atoms with van der Waals surface area (Å²) >= 11 is 3.26. The molecule has 6 aromatic rings. The Balaban J connectivity index is 1.56. The van der Waals surface area contributed by atoms with E-state index < -0.39 is 0 Å². The highest BCUT2D eigenvalue weighted by Gasteiger charge is 2.24. The topological polar surface area (TPSA) is 58.4 Å². The predicted molar refractivity (Wildman–Crippen MR) is 166 cm³/mol. The Labute approximate surface area is 239 Å².